The highest BCUT2D eigenvalue weighted by molar-refractivity contribution is 9.10. The molecule has 10 heteroatoms. The summed E-state index contributed by atoms with van der Waals surface area (Å²) in [4.78, 5) is 0. The van der Waals surface area contributed by atoms with Crippen molar-refractivity contribution in [2.24, 2.45) is 5.73 Å². The Morgan fingerprint density at radius 2 is 1.93 bits per heavy atom. The molecule has 30 heavy (non-hydrogen) atoms. The van der Waals surface area contributed by atoms with Gasteiger partial charge in [0.25, 0.3) is 0 Å². The van der Waals surface area contributed by atoms with Gasteiger partial charge in [-0.05, 0) is 54.0 Å². The van der Waals surface area contributed by atoms with Crippen molar-refractivity contribution in [2.75, 3.05) is 13.2 Å². The SMILES string of the molecule is CC(C)Oc1ccc(-c2nnc(-c3cc(F)c(OC[C@@H](N)CO)cc3Cl)s2)cc1Br. The van der Waals surface area contributed by atoms with Gasteiger partial charge >= 0.3 is 0 Å². The predicted molar refractivity (Wildman–Crippen MR) is 120 cm³/mol. The van der Waals surface area contributed by atoms with Crippen molar-refractivity contribution in [3.8, 4) is 32.6 Å². The Hall–Kier alpha value is -1.78. The second-order valence-corrected chi connectivity index (χ2v) is 8.98. The number of aromatic nitrogens is 2. The van der Waals surface area contributed by atoms with Crippen LogP contribution in [0.2, 0.25) is 5.02 Å². The van der Waals surface area contributed by atoms with E-state index in [1.807, 2.05) is 32.0 Å². The van der Waals surface area contributed by atoms with Crippen molar-refractivity contribution < 1.29 is 19.0 Å². The van der Waals surface area contributed by atoms with Crippen LogP contribution >= 0.6 is 38.9 Å². The molecule has 0 spiro atoms. The molecule has 0 aliphatic rings. The lowest BCUT2D eigenvalue weighted by Crippen LogP contribution is -2.31. The van der Waals surface area contributed by atoms with E-state index in [2.05, 4.69) is 26.1 Å². The zero-order valence-corrected chi connectivity index (χ0v) is 19.4. The lowest BCUT2D eigenvalue weighted by atomic mass is 10.2. The highest BCUT2D eigenvalue weighted by atomic mass is 79.9. The molecule has 1 atom stereocenters. The normalized spacial score (nSPS) is 12.3. The van der Waals surface area contributed by atoms with Gasteiger partial charge in [0, 0.05) is 17.2 Å². The molecule has 0 amide bonds. The number of rotatable bonds is 8. The lowest BCUT2D eigenvalue weighted by molar-refractivity contribution is 0.202. The summed E-state index contributed by atoms with van der Waals surface area (Å²) >= 11 is 11.1. The third-order valence-corrected chi connectivity index (χ3v) is 5.84. The van der Waals surface area contributed by atoms with E-state index in [0.717, 1.165) is 15.8 Å². The second-order valence-electron chi connectivity index (χ2n) is 6.74. The van der Waals surface area contributed by atoms with Crippen molar-refractivity contribution in [2.45, 2.75) is 26.0 Å². The standard InChI is InChI=1S/C20H20BrClFN3O3S/c1-10(2)29-17-4-3-11(5-14(17)21)19-25-26-20(30-19)13-6-16(23)18(7-15(13)22)28-9-12(24)8-27/h3-7,10,12,27H,8-9,24H2,1-2H3/t12-/m0/s1. The number of aliphatic hydroxyl groups is 1. The van der Waals surface area contributed by atoms with Crippen LogP contribution < -0.4 is 15.2 Å². The minimum Gasteiger partial charge on any atom is -0.490 e. The van der Waals surface area contributed by atoms with Crippen LogP contribution in [0, 0.1) is 5.82 Å². The number of aliphatic hydroxyl groups excluding tert-OH is 1. The molecule has 3 rings (SSSR count). The first-order valence-electron chi connectivity index (χ1n) is 9.07. The summed E-state index contributed by atoms with van der Waals surface area (Å²) in [7, 11) is 0. The van der Waals surface area contributed by atoms with Crippen molar-refractivity contribution >= 4 is 38.9 Å². The van der Waals surface area contributed by atoms with Crippen LogP contribution in [0.5, 0.6) is 11.5 Å². The van der Waals surface area contributed by atoms with Crippen molar-refractivity contribution in [1.82, 2.24) is 10.2 Å². The van der Waals surface area contributed by atoms with Crippen molar-refractivity contribution in [1.29, 1.82) is 0 Å². The predicted octanol–water partition coefficient (Wildman–Crippen LogP) is 4.91. The molecule has 0 saturated carbocycles. The van der Waals surface area contributed by atoms with Gasteiger partial charge in [-0.3, -0.25) is 0 Å². The number of nitrogens with zero attached hydrogens (tertiary/aromatic N) is 2. The molecule has 3 aromatic rings. The van der Waals surface area contributed by atoms with Gasteiger partial charge in [-0.2, -0.15) is 0 Å². The Balaban J connectivity index is 1.84. The topological polar surface area (TPSA) is 90.5 Å². The van der Waals surface area contributed by atoms with Gasteiger partial charge in [-0.25, -0.2) is 4.39 Å². The number of hydrogen-bond donors (Lipinski definition) is 2. The Labute approximate surface area is 190 Å². The first-order valence-corrected chi connectivity index (χ1v) is 11.1. The molecular weight excluding hydrogens is 497 g/mol. The number of ether oxygens (including phenoxy) is 2. The molecule has 0 aliphatic heterocycles. The summed E-state index contributed by atoms with van der Waals surface area (Å²) in [5.74, 6) is 0.0939. The zero-order chi connectivity index (χ0) is 21.8. The molecule has 160 valence electrons. The average Bonchev–Trinajstić information content (AvgIpc) is 3.19. The van der Waals surface area contributed by atoms with Crippen LogP contribution in [-0.2, 0) is 0 Å². The number of hydrogen-bond acceptors (Lipinski definition) is 7. The molecule has 0 aliphatic carbocycles. The van der Waals surface area contributed by atoms with Crippen LogP contribution in [0.1, 0.15) is 13.8 Å². The summed E-state index contributed by atoms with van der Waals surface area (Å²) < 4.78 is 26.3. The summed E-state index contributed by atoms with van der Waals surface area (Å²) in [5, 5.41) is 18.7. The fourth-order valence-corrected chi connectivity index (χ4v) is 4.13. The summed E-state index contributed by atoms with van der Waals surface area (Å²) in [6, 6.07) is 7.65. The van der Waals surface area contributed by atoms with E-state index in [-0.39, 0.29) is 30.1 Å². The number of halogens is 3. The fraction of sp³-hybridized carbons (Fsp3) is 0.300. The quantitative estimate of drug-likeness (QED) is 0.442. The van der Waals surface area contributed by atoms with Crippen molar-refractivity contribution in [3.05, 3.63) is 45.6 Å². The summed E-state index contributed by atoms with van der Waals surface area (Å²) in [6.45, 7) is 3.62. The van der Waals surface area contributed by atoms with E-state index < -0.39 is 11.9 Å². The molecule has 0 radical (unpaired) electrons. The third-order valence-electron chi connectivity index (χ3n) is 3.91. The number of nitrogens with two attached hydrogens (primary N) is 1. The van der Waals surface area contributed by atoms with E-state index in [1.54, 1.807) is 0 Å². The van der Waals surface area contributed by atoms with Crippen LogP contribution in [-0.4, -0.2) is 40.7 Å². The first kappa shape index (κ1) is 22.9. The zero-order valence-electron chi connectivity index (χ0n) is 16.2. The Bertz CT molecular complexity index is 1030. The molecule has 6 nitrogen and oxygen atoms in total. The Kier molecular flexibility index (Phi) is 7.65. The molecular formula is C20H20BrClFN3O3S. The molecule has 0 saturated heterocycles. The first-order chi connectivity index (χ1) is 14.3. The van der Waals surface area contributed by atoms with Gasteiger partial charge in [0.05, 0.1) is 28.2 Å². The summed E-state index contributed by atoms with van der Waals surface area (Å²) in [6.07, 6.45) is 0.0589. The minimum absolute atomic E-state index is 0.0303. The Morgan fingerprint density at radius 3 is 2.60 bits per heavy atom. The maximum absolute atomic E-state index is 14.5. The molecule has 3 N–H and O–H groups in total. The van der Waals surface area contributed by atoms with Crippen LogP contribution in [0.25, 0.3) is 21.1 Å². The smallest absolute Gasteiger partial charge is 0.165 e. The maximum Gasteiger partial charge on any atom is 0.165 e. The third kappa shape index (κ3) is 5.47. The highest BCUT2D eigenvalue weighted by Crippen LogP contribution is 2.38. The van der Waals surface area contributed by atoms with Gasteiger partial charge in [0.15, 0.2) is 11.6 Å². The largest absolute Gasteiger partial charge is 0.490 e. The minimum atomic E-state index is -0.606. The van der Waals surface area contributed by atoms with Gasteiger partial charge in [-0.15, -0.1) is 10.2 Å². The van der Waals surface area contributed by atoms with Crippen LogP contribution in [0.3, 0.4) is 0 Å². The molecule has 0 unspecified atom stereocenters. The van der Waals surface area contributed by atoms with E-state index in [0.29, 0.717) is 15.6 Å². The van der Waals surface area contributed by atoms with E-state index >= 15 is 0 Å². The lowest BCUT2D eigenvalue weighted by Gasteiger charge is -2.12. The van der Waals surface area contributed by atoms with Crippen LogP contribution in [0.15, 0.2) is 34.8 Å². The highest BCUT2D eigenvalue weighted by Gasteiger charge is 2.17. The van der Waals surface area contributed by atoms with Crippen LogP contribution in [0.4, 0.5) is 4.39 Å². The maximum atomic E-state index is 14.5. The van der Waals surface area contributed by atoms with Gasteiger partial charge in [-0.1, -0.05) is 22.9 Å². The van der Waals surface area contributed by atoms with Crippen molar-refractivity contribution in [3.63, 3.8) is 0 Å². The molecule has 0 fully saturated rings. The van der Waals surface area contributed by atoms with E-state index in [9.17, 15) is 4.39 Å². The number of benzene rings is 2. The van der Waals surface area contributed by atoms with E-state index in [4.69, 9.17) is 31.9 Å². The molecule has 0 bridgehead atoms. The fourth-order valence-electron chi connectivity index (χ4n) is 2.48. The average molecular weight is 517 g/mol. The van der Waals surface area contributed by atoms with Gasteiger partial charge < -0.3 is 20.3 Å². The monoisotopic (exact) mass is 515 g/mol. The summed E-state index contributed by atoms with van der Waals surface area (Å²) in [5.41, 5.74) is 6.83. The molecule has 1 heterocycles. The second kappa shape index (κ2) is 10.0. The van der Waals surface area contributed by atoms with E-state index in [1.165, 1.54) is 23.5 Å². The van der Waals surface area contributed by atoms with Gasteiger partial charge in [0.2, 0.25) is 0 Å². The molecule has 1 aromatic heterocycles. The van der Waals surface area contributed by atoms with Gasteiger partial charge in [0.1, 0.15) is 22.4 Å². The molecule has 2 aromatic carbocycles. The Morgan fingerprint density at radius 1 is 1.20 bits per heavy atom.